The largest absolute Gasteiger partial charge is 0.364 e. The van der Waals surface area contributed by atoms with Crippen molar-refractivity contribution in [1.82, 2.24) is 15.3 Å². The first-order chi connectivity index (χ1) is 7.66. The molecule has 1 atom stereocenters. The smallest absolute Gasteiger partial charge is 0.0900 e. The van der Waals surface area contributed by atoms with Crippen molar-refractivity contribution in [3.63, 3.8) is 0 Å². The molecular weight excluding hydrogens is 218 g/mol. The van der Waals surface area contributed by atoms with E-state index >= 15 is 0 Å². The zero-order valence-electron chi connectivity index (χ0n) is 9.87. The Morgan fingerprint density at radius 2 is 2.31 bits per heavy atom. The van der Waals surface area contributed by atoms with Gasteiger partial charge >= 0.3 is 0 Å². The van der Waals surface area contributed by atoms with E-state index < -0.39 is 0 Å². The van der Waals surface area contributed by atoms with Crippen LogP contribution in [0.25, 0.3) is 0 Å². The highest BCUT2D eigenvalue weighted by molar-refractivity contribution is 7.11. The maximum Gasteiger partial charge on any atom is 0.0900 e. The lowest BCUT2D eigenvalue weighted by atomic mass is 10.2. The van der Waals surface area contributed by atoms with E-state index in [1.54, 1.807) is 11.3 Å². The summed E-state index contributed by atoms with van der Waals surface area (Å²) >= 11 is 1.78. The van der Waals surface area contributed by atoms with Crippen molar-refractivity contribution < 1.29 is 0 Å². The van der Waals surface area contributed by atoms with Crippen molar-refractivity contribution in [3.8, 4) is 0 Å². The van der Waals surface area contributed by atoms with Crippen LogP contribution >= 0.6 is 11.3 Å². The van der Waals surface area contributed by atoms with Gasteiger partial charge in [0.2, 0.25) is 0 Å². The predicted octanol–water partition coefficient (Wildman–Crippen LogP) is 2.94. The Kier molecular flexibility index (Phi) is 3.41. The van der Waals surface area contributed by atoms with Crippen molar-refractivity contribution >= 4 is 11.3 Å². The number of hydrogen-bond donors (Lipinski definition) is 2. The van der Waals surface area contributed by atoms with Crippen LogP contribution in [0.2, 0.25) is 0 Å². The van der Waals surface area contributed by atoms with Gasteiger partial charge in [0.1, 0.15) is 0 Å². The number of nitrogens with one attached hydrogen (secondary N) is 2. The van der Waals surface area contributed by atoms with Gasteiger partial charge in [0.05, 0.1) is 10.7 Å². The van der Waals surface area contributed by atoms with Gasteiger partial charge in [-0.2, -0.15) is 0 Å². The van der Waals surface area contributed by atoms with Crippen LogP contribution in [0.5, 0.6) is 0 Å². The fraction of sp³-hybridized carbons (Fsp3) is 0.417. The molecule has 2 N–H and O–H groups in total. The molecule has 3 nitrogen and oxygen atoms in total. The molecule has 2 aromatic heterocycles. The molecule has 0 saturated heterocycles. The van der Waals surface area contributed by atoms with Gasteiger partial charge in [-0.15, -0.1) is 11.3 Å². The third kappa shape index (κ3) is 2.51. The van der Waals surface area contributed by atoms with Crippen LogP contribution in [-0.4, -0.2) is 9.97 Å². The minimum absolute atomic E-state index is 0.356. The quantitative estimate of drug-likeness (QED) is 0.855. The van der Waals surface area contributed by atoms with E-state index in [4.69, 9.17) is 0 Å². The SMILES string of the molecule is Cc1nc(C)c(C(C)NCc2ccc[nH]2)s1. The molecule has 0 bridgehead atoms. The summed E-state index contributed by atoms with van der Waals surface area (Å²) in [6.07, 6.45) is 1.95. The molecule has 0 radical (unpaired) electrons. The zero-order valence-corrected chi connectivity index (χ0v) is 10.7. The van der Waals surface area contributed by atoms with Gasteiger partial charge in [0.25, 0.3) is 0 Å². The van der Waals surface area contributed by atoms with E-state index in [2.05, 4.69) is 42.1 Å². The van der Waals surface area contributed by atoms with Crippen molar-refractivity contribution in [1.29, 1.82) is 0 Å². The Morgan fingerprint density at radius 1 is 1.50 bits per heavy atom. The fourth-order valence-corrected chi connectivity index (χ4v) is 2.74. The lowest BCUT2D eigenvalue weighted by molar-refractivity contribution is 0.573. The second kappa shape index (κ2) is 4.80. The molecule has 86 valence electrons. The zero-order chi connectivity index (χ0) is 11.5. The fourth-order valence-electron chi connectivity index (χ4n) is 1.78. The molecule has 0 aliphatic heterocycles. The molecule has 0 amide bonds. The standard InChI is InChI=1S/C12H17N3S/c1-8(12-9(2)15-10(3)16-12)14-7-11-5-4-6-13-11/h4-6,8,13-14H,7H2,1-3H3. The molecule has 16 heavy (non-hydrogen) atoms. The Hall–Kier alpha value is -1.13. The lowest BCUT2D eigenvalue weighted by Gasteiger charge is -2.11. The van der Waals surface area contributed by atoms with Crippen LogP contribution in [0.15, 0.2) is 18.3 Å². The molecule has 0 aliphatic rings. The number of nitrogens with zero attached hydrogens (tertiary/aromatic N) is 1. The van der Waals surface area contributed by atoms with Crippen LogP contribution in [0, 0.1) is 13.8 Å². The first-order valence-corrected chi connectivity index (χ1v) is 6.28. The maximum absolute atomic E-state index is 4.45. The number of aryl methyl sites for hydroxylation is 2. The highest BCUT2D eigenvalue weighted by atomic mass is 32.1. The van der Waals surface area contributed by atoms with E-state index in [1.807, 2.05) is 12.3 Å². The summed E-state index contributed by atoms with van der Waals surface area (Å²) in [5.41, 5.74) is 2.36. The van der Waals surface area contributed by atoms with Gasteiger partial charge in [-0.3, -0.25) is 0 Å². The van der Waals surface area contributed by atoms with E-state index in [1.165, 1.54) is 10.6 Å². The Bertz CT molecular complexity index is 445. The molecule has 2 heterocycles. The third-order valence-corrected chi connectivity index (χ3v) is 3.85. The van der Waals surface area contributed by atoms with Gasteiger partial charge < -0.3 is 10.3 Å². The maximum atomic E-state index is 4.45. The number of hydrogen-bond acceptors (Lipinski definition) is 3. The van der Waals surface area contributed by atoms with E-state index in [-0.39, 0.29) is 0 Å². The molecule has 4 heteroatoms. The second-order valence-electron chi connectivity index (χ2n) is 3.98. The molecule has 0 saturated carbocycles. The van der Waals surface area contributed by atoms with E-state index in [0.29, 0.717) is 6.04 Å². The third-order valence-electron chi connectivity index (χ3n) is 2.59. The predicted molar refractivity (Wildman–Crippen MR) is 67.6 cm³/mol. The van der Waals surface area contributed by atoms with Gasteiger partial charge in [-0.05, 0) is 32.9 Å². The van der Waals surface area contributed by atoms with E-state index in [0.717, 1.165) is 17.2 Å². The molecule has 0 aromatic carbocycles. The number of aromatic amines is 1. The topological polar surface area (TPSA) is 40.7 Å². The summed E-state index contributed by atoms with van der Waals surface area (Å²) in [5.74, 6) is 0. The minimum Gasteiger partial charge on any atom is -0.364 e. The molecule has 1 unspecified atom stereocenters. The van der Waals surface area contributed by atoms with Crippen LogP contribution in [0.3, 0.4) is 0 Å². The molecule has 0 fully saturated rings. The number of thiazole rings is 1. The van der Waals surface area contributed by atoms with Gasteiger partial charge in [0, 0.05) is 29.4 Å². The first-order valence-electron chi connectivity index (χ1n) is 5.46. The monoisotopic (exact) mass is 235 g/mol. The van der Waals surface area contributed by atoms with Crippen molar-refractivity contribution in [2.24, 2.45) is 0 Å². The average molecular weight is 235 g/mol. The average Bonchev–Trinajstić information content (AvgIpc) is 2.84. The summed E-state index contributed by atoms with van der Waals surface area (Å²) in [7, 11) is 0. The Labute approximate surface area is 99.9 Å². The minimum atomic E-state index is 0.356. The van der Waals surface area contributed by atoms with E-state index in [9.17, 15) is 0 Å². The summed E-state index contributed by atoms with van der Waals surface area (Å²) in [5, 5.41) is 4.63. The number of aromatic nitrogens is 2. The van der Waals surface area contributed by atoms with Crippen LogP contribution in [0.4, 0.5) is 0 Å². The lowest BCUT2D eigenvalue weighted by Crippen LogP contribution is -2.18. The van der Waals surface area contributed by atoms with Crippen molar-refractivity contribution in [2.45, 2.75) is 33.4 Å². The summed E-state index contributed by atoms with van der Waals surface area (Å²) in [6.45, 7) is 7.18. The van der Waals surface area contributed by atoms with Crippen LogP contribution in [-0.2, 0) is 6.54 Å². The van der Waals surface area contributed by atoms with Crippen molar-refractivity contribution in [2.75, 3.05) is 0 Å². The molecule has 0 spiro atoms. The summed E-state index contributed by atoms with van der Waals surface area (Å²) < 4.78 is 0. The molecule has 0 aliphatic carbocycles. The van der Waals surface area contributed by atoms with Crippen molar-refractivity contribution in [3.05, 3.63) is 39.6 Å². The second-order valence-corrected chi connectivity index (χ2v) is 5.22. The van der Waals surface area contributed by atoms with Crippen LogP contribution in [0.1, 0.15) is 34.2 Å². The molecule has 2 rings (SSSR count). The number of rotatable bonds is 4. The molecule has 2 aromatic rings. The Morgan fingerprint density at radius 3 is 2.88 bits per heavy atom. The Balaban J connectivity index is 1.98. The summed E-state index contributed by atoms with van der Waals surface area (Å²) in [4.78, 5) is 8.97. The first kappa shape index (κ1) is 11.4. The highest BCUT2D eigenvalue weighted by Gasteiger charge is 2.12. The molecular formula is C12H17N3S. The van der Waals surface area contributed by atoms with Gasteiger partial charge in [0.15, 0.2) is 0 Å². The summed E-state index contributed by atoms with van der Waals surface area (Å²) in [6, 6.07) is 4.46. The van der Waals surface area contributed by atoms with Gasteiger partial charge in [-0.1, -0.05) is 0 Å². The normalized spacial score (nSPS) is 12.9. The van der Waals surface area contributed by atoms with Crippen LogP contribution < -0.4 is 5.32 Å². The van der Waals surface area contributed by atoms with Gasteiger partial charge in [-0.25, -0.2) is 4.98 Å². The highest BCUT2D eigenvalue weighted by Crippen LogP contribution is 2.24. The number of H-pyrrole nitrogens is 1.